The number of carboxylic acids is 1. The topological polar surface area (TPSA) is 113 Å². The first-order chi connectivity index (χ1) is 12.4. The summed E-state index contributed by atoms with van der Waals surface area (Å²) in [6.45, 7) is 0. The van der Waals surface area contributed by atoms with Gasteiger partial charge >= 0.3 is 5.97 Å². The van der Waals surface area contributed by atoms with Crippen LogP contribution >= 0.6 is 11.6 Å². The number of carbonyl (C=O) groups is 2. The van der Waals surface area contributed by atoms with Crippen LogP contribution in [-0.2, 0) is 11.2 Å². The smallest absolute Gasteiger partial charge is 0.341 e. The number of hydrogen-bond acceptors (Lipinski definition) is 4. The SMILES string of the molecule is NC(C(=O)Cc1ccccc1)c1cc(Cl)cc2cc(C(=O)O)c(=O)[nH]c12. The van der Waals surface area contributed by atoms with Gasteiger partial charge in [-0.3, -0.25) is 9.59 Å². The maximum atomic E-state index is 12.6. The van der Waals surface area contributed by atoms with Crippen LogP contribution in [0.1, 0.15) is 27.5 Å². The molecule has 3 aromatic rings. The molecule has 1 aromatic heterocycles. The van der Waals surface area contributed by atoms with Gasteiger partial charge in [-0.15, -0.1) is 0 Å². The first kappa shape index (κ1) is 17.8. The first-order valence-corrected chi connectivity index (χ1v) is 8.16. The lowest BCUT2D eigenvalue weighted by atomic mass is 9.96. The van der Waals surface area contributed by atoms with Crippen molar-refractivity contribution in [3.05, 3.63) is 80.6 Å². The highest BCUT2D eigenvalue weighted by Crippen LogP contribution is 2.27. The summed E-state index contributed by atoms with van der Waals surface area (Å²) >= 11 is 6.10. The molecular weight excluding hydrogens is 356 g/mol. The predicted octanol–water partition coefficient (Wildman–Crippen LogP) is 2.69. The number of benzene rings is 2. The van der Waals surface area contributed by atoms with Crippen molar-refractivity contribution in [3.8, 4) is 0 Å². The number of H-pyrrole nitrogens is 1. The molecule has 0 aliphatic heterocycles. The molecule has 0 aliphatic rings. The molecule has 0 saturated heterocycles. The zero-order valence-corrected chi connectivity index (χ0v) is 14.3. The van der Waals surface area contributed by atoms with Crippen LogP contribution in [0.15, 0.2) is 53.3 Å². The number of ketones is 1. The molecule has 3 rings (SSSR count). The summed E-state index contributed by atoms with van der Waals surface area (Å²) in [6, 6.07) is 12.4. The van der Waals surface area contributed by atoms with Crippen molar-refractivity contribution in [2.24, 2.45) is 5.73 Å². The summed E-state index contributed by atoms with van der Waals surface area (Å²) < 4.78 is 0. The Bertz CT molecular complexity index is 1060. The second kappa shape index (κ2) is 7.11. The van der Waals surface area contributed by atoms with E-state index in [1.807, 2.05) is 30.3 Å². The van der Waals surface area contributed by atoms with Crippen molar-refractivity contribution in [1.29, 1.82) is 0 Å². The fraction of sp³-hybridized carbons (Fsp3) is 0.105. The van der Waals surface area contributed by atoms with E-state index in [1.165, 1.54) is 18.2 Å². The summed E-state index contributed by atoms with van der Waals surface area (Å²) in [7, 11) is 0. The van der Waals surface area contributed by atoms with Gasteiger partial charge in [-0.25, -0.2) is 4.79 Å². The van der Waals surface area contributed by atoms with Gasteiger partial charge in [0, 0.05) is 22.4 Å². The Morgan fingerprint density at radius 3 is 2.50 bits per heavy atom. The van der Waals surface area contributed by atoms with E-state index in [0.717, 1.165) is 5.56 Å². The standard InChI is InChI=1S/C19H15ClN2O4/c20-12-7-11-8-14(19(25)26)18(24)22-17(11)13(9-12)16(21)15(23)6-10-4-2-1-3-5-10/h1-5,7-9,16H,6,21H2,(H,22,24)(H,25,26). The molecule has 0 amide bonds. The van der Waals surface area contributed by atoms with Gasteiger partial charge in [0.1, 0.15) is 5.56 Å². The van der Waals surface area contributed by atoms with Crippen molar-refractivity contribution in [2.45, 2.75) is 12.5 Å². The minimum Gasteiger partial charge on any atom is -0.477 e. The summed E-state index contributed by atoms with van der Waals surface area (Å²) in [6.07, 6.45) is 0.132. The number of rotatable bonds is 5. The monoisotopic (exact) mass is 370 g/mol. The average molecular weight is 371 g/mol. The predicted molar refractivity (Wildman–Crippen MR) is 98.6 cm³/mol. The van der Waals surface area contributed by atoms with E-state index in [-0.39, 0.29) is 12.2 Å². The van der Waals surface area contributed by atoms with E-state index in [2.05, 4.69) is 4.98 Å². The Labute approximate surface area is 153 Å². The second-order valence-electron chi connectivity index (χ2n) is 5.88. The van der Waals surface area contributed by atoms with E-state index in [1.54, 1.807) is 0 Å². The molecule has 2 aromatic carbocycles. The van der Waals surface area contributed by atoms with Crippen molar-refractivity contribution < 1.29 is 14.7 Å². The number of Topliss-reactive ketones (excluding diaryl/α,β-unsaturated/α-hetero) is 1. The largest absolute Gasteiger partial charge is 0.477 e. The molecule has 6 nitrogen and oxygen atoms in total. The molecule has 26 heavy (non-hydrogen) atoms. The summed E-state index contributed by atoms with van der Waals surface area (Å²) in [5.74, 6) is -1.60. The number of aromatic nitrogens is 1. The fourth-order valence-corrected chi connectivity index (χ4v) is 3.03. The van der Waals surface area contributed by atoms with Crippen LogP contribution in [0.5, 0.6) is 0 Å². The molecule has 132 valence electrons. The fourth-order valence-electron chi connectivity index (χ4n) is 2.79. The molecule has 0 saturated carbocycles. The van der Waals surface area contributed by atoms with Crippen molar-refractivity contribution >= 4 is 34.3 Å². The molecule has 1 unspecified atom stereocenters. The Morgan fingerprint density at radius 2 is 1.85 bits per heavy atom. The lowest BCUT2D eigenvalue weighted by Crippen LogP contribution is -2.25. The molecule has 0 spiro atoms. The summed E-state index contributed by atoms with van der Waals surface area (Å²) in [5.41, 5.74) is 6.42. The zero-order chi connectivity index (χ0) is 18.8. The number of carboxylic acid groups (broad SMARTS) is 1. The van der Waals surface area contributed by atoms with Crippen molar-refractivity contribution in [3.63, 3.8) is 0 Å². The van der Waals surface area contributed by atoms with Crippen LogP contribution in [0.3, 0.4) is 0 Å². The Balaban J connectivity index is 2.06. The number of hydrogen-bond donors (Lipinski definition) is 3. The molecule has 7 heteroatoms. The number of pyridine rings is 1. The lowest BCUT2D eigenvalue weighted by Gasteiger charge is -2.15. The summed E-state index contributed by atoms with van der Waals surface area (Å²) in [4.78, 5) is 38.2. The van der Waals surface area contributed by atoms with Crippen LogP contribution < -0.4 is 11.3 Å². The maximum Gasteiger partial charge on any atom is 0.341 e. The van der Waals surface area contributed by atoms with Gasteiger partial charge in [0.2, 0.25) is 0 Å². The summed E-state index contributed by atoms with van der Waals surface area (Å²) in [5, 5.41) is 9.78. The van der Waals surface area contributed by atoms with Gasteiger partial charge < -0.3 is 15.8 Å². The van der Waals surface area contributed by atoms with E-state index in [0.29, 0.717) is 21.5 Å². The highest BCUT2D eigenvalue weighted by molar-refractivity contribution is 6.31. The van der Waals surface area contributed by atoms with E-state index < -0.39 is 23.1 Å². The number of carbonyl (C=O) groups excluding carboxylic acids is 1. The molecule has 4 N–H and O–H groups in total. The Kier molecular flexibility index (Phi) is 4.88. The number of aromatic carboxylic acids is 1. The van der Waals surface area contributed by atoms with Crippen LogP contribution in [0.4, 0.5) is 0 Å². The number of nitrogens with two attached hydrogens (primary N) is 1. The third-order valence-electron chi connectivity index (χ3n) is 4.08. The van der Waals surface area contributed by atoms with Crippen molar-refractivity contribution in [1.82, 2.24) is 4.98 Å². The quantitative estimate of drug-likeness (QED) is 0.639. The molecule has 0 aliphatic carbocycles. The van der Waals surface area contributed by atoms with Crippen molar-refractivity contribution in [2.75, 3.05) is 0 Å². The van der Waals surface area contributed by atoms with Gasteiger partial charge in [-0.05, 0) is 23.8 Å². The molecule has 0 fully saturated rings. The zero-order valence-electron chi connectivity index (χ0n) is 13.5. The third-order valence-corrected chi connectivity index (χ3v) is 4.30. The second-order valence-corrected chi connectivity index (χ2v) is 6.32. The minimum absolute atomic E-state index is 0.132. The molecule has 1 atom stereocenters. The number of halogens is 1. The van der Waals surface area contributed by atoms with Crippen LogP contribution in [0.25, 0.3) is 10.9 Å². The average Bonchev–Trinajstić information content (AvgIpc) is 2.61. The Morgan fingerprint density at radius 1 is 1.15 bits per heavy atom. The van der Waals surface area contributed by atoms with E-state index >= 15 is 0 Å². The van der Waals surface area contributed by atoms with Crippen LogP contribution in [-0.4, -0.2) is 21.8 Å². The van der Waals surface area contributed by atoms with Gasteiger partial charge in [-0.1, -0.05) is 41.9 Å². The first-order valence-electron chi connectivity index (χ1n) is 7.79. The molecular formula is C19H15ClN2O4. The molecule has 1 heterocycles. The van der Waals surface area contributed by atoms with E-state index in [9.17, 15) is 14.4 Å². The number of nitrogens with one attached hydrogen (secondary N) is 1. The number of aromatic amines is 1. The third kappa shape index (κ3) is 3.51. The van der Waals surface area contributed by atoms with Gasteiger partial charge in [0.25, 0.3) is 5.56 Å². The Hall–Kier alpha value is -2.96. The van der Waals surface area contributed by atoms with Gasteiger partial charge in [-0.2, -0.15) is 0 Å². The normalized spacial score (nSPS) is 12.1. The minimum atomic E-state index is -1.35. The number of fused-ring (bicyclic) bond motifs is 1. The highest BCUT2D eigenvalue weighted by Gasteiger charge is 2.21. The van der Waals surface area contributed by atoms with Crippen LogP contribution in [0.2, 0.25) is 5.02 Å². The molecule has 0 bridgehead atoms. The van der Waals surface area contributed by atoms with Crippen LogP contribution in [0, 0.1) is 0 Å². The highest BCUT2D eigenvalue weighted by atomic mass is 35.5. The van der Waals surface area contributed by atoms with Gasteiger partial charge in [0.05, 0.1) is 11.6 Å². The maximum absolute atomic E-state index is 12.6. The molecule has 0 radical (unpaired) electrons. The van der Waals surface area contributed by atoms with E-state index in [4.69, 9.17) is 22.4 Å². The van der Waals surface area contributed by atoms with Gasteiger partial charge in [0.15, 0.2) is 5.78 Å². The lowest BCUT2D eigenvalue weighted by molar-refractivity contribution is -0.119.